The molecule has 0 aliphatic rings. The minimum absolute atomic E-state index is 0.219. The highest BCUT2D eigenvalue weighted by atomic mass is 35.5. The van der Waals surface area contributed by atoms with E-state index in [9.17, 15) is 4.39 Å². The largest absolute Gasteiger partial charge is 0.316 e. The Balaban J connectivity index is 2.87. The van der Waals surface area contributed by atoms with E-state index in [1.165, 1.54) is 6.07 Å². The Morgan fingerprint density at radius 2 is 2.07 bits per heavy atom. The molecule has 0 saturated heterocycles. The Labute approximate surface area is 95.6 Å². The first kappa shape index (κ1) is 12.5. The smallest absolute Gasteiger partial charge is 0.127 e. The molecule has 0 saturated carbocycles. The third-order valence-corrected chi connectivity index (χ3v) is 3.02. The highest BCUT2D eigenvalue weighted by Crippen LogP contribution is 2.22. The van der Waals surface area contributed by atoms with Crippen molar-refractivity contribution < 1.29 is 4.39 Å². The van der Waals surface area contributed by atoms with Gasteiger partial charge >= 0.3 is 0 Å². The van der Waals surface area contributed by atoms with Crippen molar-refractivity contribution in [3.63, 3.8) is 0 Å². The summed E-state index contributed by atoms with van der Waals surface area (Å²) in [6, 6.07) is 5.06. The second-order valence-electron chi connectivity index (χ2n) is 4.04. The Kier molecular flexibility index (Phi) is 4.55. The van der Waals surface area contributed by atoms with Gasteiger partial charge in [-0.1, -0.05) is 31.5 Å². The van der Waals surface area contributed by atoms with Crippen LogP contribution >= 0.6 is 11.6 Å². The number of hydrogen-bond acceptors (Lipinski definition) is 1. The predicted octanol–water partition coefficient (Wildman–Crippen LogP) is 3.27. The maximum Gasteiger partial charge on any atom is 0.127 e. The molecule has 0 heterocycles. The van der Waals surface area contributed by atoms with Crippen LogP contribution in [-0.2, 0) is 6.42 Å². The molecule has 1 aromatic rings. The zero-order chi connectivity index (χ0) is 11.4. The summed E-state index contributed by atoms with van der Waals surface area (Å²) in [5.74, 6) is 0.231. The van der Waals surface area contributed by atoms with E-state index in [-0.39, 0.29) is 11.9 Å². The van der Waals surface area contributed by atoms with Gasteiger partial charge < -0.3 is 5.32 Å². The van der Waals surface area contributed by atoms with E-state index in [0.29, 0.717) is 22.9 Å². The van der Waals surface area contributed by atoms with E-state index < -0.39 is 0 Å². The first-order valence-corrected chi connectivity index (χ1v) is 5.54. The highest BCUT2D eigenvalue weighted by Gasteiger charge is 2.16. The zero-order valence-electron chi connectivity index (χ0n) is 9.35. The number of likely N-dealkylation sites (N-methyl/N-ethyl adjacent to an activating group) is 1. The fourth-order valence-corrected chi connectivity index (χ4v) is 1.86. The van der Waals surface area contributed by atoms with Crippen LogP contribution in [0.15, 0.2) is 18.2 Å². The maximum atomic E-state index is 13.5. The van der Waals surface area contributed by atoms with Crippen molar-refractivity contribution in [1.82, 2.24) is 5.32 Å². The topological polar surface area (TPSA) is 12.0 Å². The van der Waals surface area contributed by atoms with Gasteiger partial charge in [0.25, 0.3) is 0 Å². The number of rotatable bonds is 4. The summed E-state index contributed by atoms with van der Waals surface area (Å²) >= 11 is 5.97. The molecule has 3 heteroatoms. The van der Waals surface area contributed by atoms with Gasteiger partial charge in [-0.2, -0.15) is 0 Å². The fraction of sp³-hybridized carbons (Fsp3) is 0.500. The monoisotopic (exact) mass is 229 g/mol. The summed E-state index contributed by atoms with van der Waals surface area (Å²) < 4.78 is 13.5. The van der Waals surface area contributed by atoms with Crippen molar-refractivity contribution >= 4 is 11.6 Å². The van der Waals surface area contributed by atoms with Crippen LogP contribution in [0.5, 0.6) is 0 Å². The average molecular weight is 230 g/mol. The molecule has 0 fully saturated rings. The molecule has 15 heavy (non-hydrogen) atoms. The van der Waals surface area contributed by atoms with Crippen LogP contribution in [0.3, 0.4) is 0 Å². The molecule has 0 amide bonds. The summed E-state index contributed by atoms with van der Waals surface area (Å²) in [4.78, 5) is 0. The van der Waals surface area contributed by atoms with Crippen LogP contribution < -0.4 is 5.32 Å². The van der Waals surface area contributed by atoms with Gasteiger partial charge in [-0.05, 0) is 31.5 Å². The molecule has 1 rings (SSSR count). The van der Waals surface area contributed by atoms with E-state index in [1.54, 1.807) is 12.1 Å². The Morgan fingerprint density at radius 3 is 2.53 bits per heavy atom. The number of hydrogen-bond donors (Lipinski definition) is 1. The third-order valence-electron chi connectivity index (χ3n) is 2.66. The Morgan fingerprint density at radius 1 is 1.40 bits per heavy atom. The summed E-state index contributed by atoms with van der Waals surface area (Å²) in [7, 11) is 1.89. The van der Waals surface area contributed by atoms with Crippen molar-refractivity contribution in [3.05, 3.63) is 34.6 Å². The maximum absolute atomic E-state index is 13.5. The Bertz CT molecular complexity index is 305. The molecule has 0 aliphatic heterocycles. The van der Waals surface area contributed by atoms with Gasteiger partial charge in [-0.3, -0.25) is 0 Å². The van der Waals surface area contributed by atoms with Crippen LogP contribution in [0.4, 0.5) is 4.39 Å². The van der Waals surface area contributed by atoms with Crippen LogP contribution in [0.25, 0.3) is 0 Å². The van der Waals surface area contributed by atoms with Crippen LogP contribution in [0, 0.1) is 11.7 Å². The van der Waals surface area contributed by atoms with Crippen molar-refractivity contribution in [2.24, 2.45) is 5.92 Å². The molecule has 1 aromatic carbocycles. The molecule has 1 nitrogen and oxygen atoms in total. The van der Waals surface area contributed by atoms with Gasteiger partial charge in [0.05, 0.1) is 0 Å². The normalized spacial score (nSPS) is 13.2. The lowest BCUT2D eigenvalue weighted by atomic mass is 9.96. The summed E-state index contributed by atoms with van der Waals surface area (Å²) in [5, 5.41) is 3.69. The Hall–Kier alpha value is -0.600. The third kappa shape index (κ3) is 3.18. The van der Waals surface area contributed by atoms with Crippen LogP contribution in [-0.4, -0.2) is 13.1 Å². The number of nitrogens with one attached hydrogen (secondary N) is 1. The minimum atomic E-state index is -0.219. The quantitative estimate of drug-likeness (QED) is 0.836. The van der Waals surface area contributed by atoms with Gasteiger partial charge in [0.1, 0.15) is 5.82 Å². The van der Waals surface area contributed by atoms with Crippen molar-refractivity contribution in [1.29, 1.82) is 0 Å². The lowest BCUT2D eigenvalue weighted by Gasteiger charge is -2.20. The molecule has 84 valence electrons. The van der Waals surface area contributed by atoms with Crippen molar-refractivity contribution in [2.75, 3.05) is 7.05 Å². The molecule has 0 radical (unpaired) electrons. The molecule has 0 bridgehead atoms. The molecule has 1 N–H and O–H groups in total. The van der Waals surface area contributed by atoms with E-state index in [0.717, 1.165) is 0 Å². The van der Waals surface area contributed by atoms with E-state index in [4.69, 9.17) is 11.6 Å². The summed E-state index contributed by atoms with van der Waals surface area (Å²) in [5.41, 5.74) is 0.604. The molecule has 0 spiro atoms. The molecule has 0 aromatic heterocycles. The molecular formula is C12H17ClFN. The summed E-state index contributed by atoms with van der Waals surface area (Å²) in [6.45, 7) is 4.21. The van der Waals surface area contributed by atoms with Crippen LogP contribution in [0.1, 0.15) is 19.4 Å². The van der Waals surface area contributed by atoms with Gasteiger partial charge in [-0.25, -0.2) is 4.39 Å². The number of halogens is 2. The number of benzene rings is 1. The second kappa shape index (κ2) is 5.47. The van der Waals surface area contributed by atoms with Crippen LogP contribution in [0.2, 0.25) is 5.02 Å². The standard InChI is InChI=1S/C12H17ClFN/c1-8(2)12(15-3)7-9-10(13)5-4-6-11(9)14/h4-6,8,12,15H,7H2,1-3H3. The van der Waals surface area contributed by atoms with Gasteiger partial charge in [0.2, 0.25) is 0 Å². The fourth-order valence-electron chi connectivity index (χ4n) is 1.62. The first-order valence-electron chi connectivity index (χ1n) is 5.16. The molecule has 1 unspecified atom stereocenters. The molecular weight excluding hydrogens is 213 g/mol. The van der Waals surface area contributed by atoms with E-state index >= 15 is 0 Å². The highest BCUT2D eigenvalue weighted by molar-refractivity contribution is 6.31. The predicted molar refractivity (Wildman–Crippen MR) is 62.8 cm³/mol. The van der Waals surface area contributed by atoms with E-state index in [2.05, 4.69) is 19.2 Å². The van der Waals surface area contributed by atoms with Crippen molar-refractivity contribution in [3.8, 4) is 0 Å². The van der Waals surface area contributed by atoms with Crippen molar-refractivity contribution in [2.45, 2.75) is 26.3 Å². The zero-order valence-corrected chi connectivity index (χ0v) is 10.1. The lowest BCUT2D eigenvalue weighted by Crippen LogP contribution is -2.33. The molecule has 0 aliphatic carbocycles. The van der Waals surface area contributed by atoms with Gasteiger partial charge in [0.15, 0.2) is 0 Å². The SMILES string of the molecule is CNC(Cc1c(F)cccc1Cl)C(C)C. The lowest BCUT2D eigenvalue weighted by molar-refractivity contribution is 0.418. The minimum Gasteiger partial charge on any atom is -0.316 e. The first-order chi connectivity index (χ1) is 7.06. The van der Waals surface area contributed by atoms with Gasteiger partial charge in [-0.15, -0.1) is 0 Å². The van der Waals surface area contributed by atoms with Gasteiger partial charge in [0, 0.05) is 16.6 Å². The molecule has 1 atom stereocenters. The van der Waals surface area contributed by atoms with E-state index in [1.807, 2.05) is 7.05 Å². The summed E-state index contributed by atoms with van der Waals surface area (Å²) in [6.07, 6.45) is 0.625. The second-order valence-corrected chi connectivity index (χ2v) is 4.45. The average Bonchev–Trinajstić information content (AvgIpc) is 2.17.